The maximum atomic E-state index is 12.2. The Morgan fingerprint density at radius 1 is 1.12 bits per heavy atom. The summed E-state index contributed by atoms with van der Waals surface area (Å²) >= 11 is 1.70. The first-order valence-corrected chi connectivity index (χ1v) is 10.8. The third-order valence-electron chi connectivity index (χ3n) is 4.51. The SMILES string of the molecule is CCC(CSC)OC(=O)CCc1cc(C(C)(C)C)c(O)c(C(C)(C)C)c1. The zero-order valence-electron chi connectivity index (χ0n) is 17.7. The maximum absolute atomic E-state index is 12.2. The van der Waals surface area contributed by atoms with Crippen molar-refractivity contribution in [3.8, 4) is 5.75 Å². The summed E-state index contributed by atoms with van der Waals surface area (Å²) < 4.78 is 5.57. The molecule has 148 valence electrons. The van der Waals surface area contributed by atoms with E-state index in [0.29, 0.717) is 18.6 Å². The summed E-state index contributed by atoms with van der Waals surface area (Å²) in [7, 11) is 0. The Morgan fingerprint density at radius 2 is 1.62 bits per heavy atom. The zero-order valence-corrected chi connectivity index (χ0v) is 18.5. The minimum atomic E-state index is -0.160. The summed E-state index contributed by atoms with van der Waals surface area (Å²) in [5, 5.41) is 10.8. The molecule has 0 fully saturated rings. The van der Waals surface area contributed by atoms with Crippen molar-refractivity contribution in [2.24, 2.45) is 0 Å². The quantitative estimate of drug-likeness (QED) is 0.625. The maximum Gasteiger partial charge on any atom is 0.306 e. The molecule has 4 heteroatoms. The molecule has 0 aliphatic carbocycles. The van der Waals surface area contributed by atoms with Crippen molar-refractivity contribution in [3.63, 3.8) is 0 Å². The van der Waals surface area contributed by atoms with Crippen LogP contribution in [0.5, 0.6) is 5.75 Å². The van der Waals surface area contributed by atoms with Gasteiger partial charge in [0.1, 0.15) is 11.9 Å². The third-order valence-corrected chi connectivity index (χ3v) is 5.21. The molecule has 0 saturated carbocycles. The van der Waals surface area contributed by atoms with Crippen LogP contribution in [-0.2, 0) is 26.8 Å². The van der Waals surface area contributed by atoms with Crippen molar-refractivity contribution in [2.45, 2.75) is 84.7 Å². The minimum Gasteiger partial charge on any atom is -0.507 e. The highest BCUT2D eigenvalue weighted by Gasteiger charge is 2.26. The van der Waals surface area contributed by atoms with E-state index in [4.69, 9.17) is 4.74 Å². The molecule has 0 amide bonds. The number of hydrogen-bond donors (Lipinski definition) is 1. The van der Waals surface area contributed by atoms with Gasteiger partial charge in [0.15, 0.2) is 0 Å². The molecule has 1 aromatic carbocycles. The lowest BCUT2D eigenvalue weighted by Crippen LogP contribution is -2.20. The van der Waals surface area contributed by atoms with Crippen molar-refractivity contribution in [3.05, 3.63) is 28.8 Å². The van der Waals surface area contributed by atoms with Crippen LogP contribution in [0.15, 0.2) is 12.1 Å². The van der Waals surface area contributed by atoms with Gasteiger partial charge < -0.3 is 9.84 Å². The van der Waals surface area contributed by atoms with Crippen LogP contribution < -0.4 is 0 Å². The molecule has 3 nitrogen and oxygen atoms in total. The van der Waals surface area contributed by atoms with Crippen molar-refractivity contribution >= 4 is 17.7 Å². The highest BCUT2D eigenvalue weighted by Crippen LogP contribution is 2.40. The van der Waals surface area contributed by atoms with Gasteiger partial charge in [-0.05, 0) is 46.6 Å². The Morgan fingerprint density at radius 3 is 2.00 bits per heavy atom. The van der Waals surface area contributed by atoms with Crippen molar-refractivity contribution in [1.29, 1.82) is 0 Å². The second kappa shape index (κ2) is 9.16. The Bertz CT molecular complexity index is 574. The molecule has 0 spiro atoms. The van der Waals surface area contributed by atoms with E-state index >= 15 is 0 Å². The zero-order chi connectivity index (χ0) is 20.1. The summed E-state index contributed by atoms with van der Waals surface area (Å²) in [4.78, 5) is 12.2. The van der Waals surface area contributed by atoms with E-state index in [9.17, 15) is 9.90 Å². The number of hydrogen-bond acceptors (Lipinski definition) is 4. The van der Waals surface area contributed by atoms with E-state index < -0.39 is 0 Å². The molecule has 0 aliphatic heterocycles. The van der Waals surface area contributed by atoms with Gasteiger partial charge in [0.05, 0.1) is 0 Å². The first-order chi connectivity index (χ1) is 11.9. The number of phenolic OH excluding ortho intramolecular Hbond substituents is 1. The van der Waals surface area contributed by atoms with Crippen molar-refractivity contribution in [1.82, 2.24) is 0 Å². The number of aryl methyl sites for hydroxylation is 1. The molecular weight excluding hydrogens is 344 g/mol. The van der Waals surface area contributed by atoms with Gasteiger partial charge >= 0.3 is 5.97 Å². The molecule has 1 N–H and O–H groups in total. The van der Waals surface area contributed by atoms with E-state index in [0.717, 1.165) is 28.9 Å². The normalized spacial score (nSPS) is 13.5. The van der Waals surface area contributed by atoms with Crippen LogP contribution in [0, 0.1) is 0 Å². The fourth-order valence-electron chi connectivity index (χ4n) is 2.89. The van der Waals surface area contributed by atoms with Gasteiger partial charge in [-0.1, -0.05) is 60.6 Å². The average Bonchev–Trinajstić information content (AvgIpc) is 2.51. The van der Waals surface area contributed by atoms with Crippen LogP contribution in [0.1, 0.15) is 78.0 Å². The minimum absolute atomic E-state index is 0.00686. The number of esters is 1. The summed E-state index contributed by atoms with van der Waals surface area (Å²) in [5.41, 5.74) is 2.62. The number of thioether (sulfide) groups is 1. The second-order valence-corrected chi connectivity index (χ2v) is 9.93. The van der Waals surface area contributed by atoms with Crippen LogP contribution >= 0.6 is 11.8 Å². The lowest BCUT2D eigenvalue weighted by Gasteiger charge is -2.28. The Kier molecular flexibility index (Phi) is 8.06. The first kappa shape index (κ1) is 22.9. The monoisotopic (exact) mass is 380 g/mol. The predicted octanol–water partition coefficient (Wildman–Crippen LogP) is 5.60. The molecule has 1 atom stereocenters. The smallest absolute Gasteiger partial charge is 0.306 e. The van der Waals surface area contributed by atoms with Crippen LogP contribution in [0.3, 0.4) is 0 Å². The Balaban J connectivity index is 3.01. The molecule has 1 unspecified atom stereocenters. The number of aromatic hydroxyl groups is 1. The molecule has 0 radical (unpaired) electrons. The fourth-order valence-corrected chi connectivity index (χ4v) is 3.57. The highest BCUT2D eigenvalue weighted by atomic mass is 32.2. The van der Waals surface area contributed by atoms with Gasteiger partial charge in [-0.2, -0.15) is 11.8 Å². The molecule has 0 saturated heterocycles. The van der Waals surface area contributed by atoms with Crippen LogP contribution in [0.2, 0.25) is 0 Å². The molecule has 0 aliphatic rings. The van der Waals surface area contributed by atoms with E-state index in [-0.39, 0.29) is 22.9 Å². The van der Waals surface area contributed by atoms with E-state index in [2.05, 4.69) is 41.5 Å². The lowest BCUT2D eigenvalue weighted by molar-refractivity contribution is -0.148. The number of rotatable bonds is 7. The first-order valence-electron chi connectivity index (χ1n) is 9.45. The molecule has 1 rings (SSSR count). The standard InChI is InChI=1S/C22H36O3S/c1-9-16(14-26-8)25-19(23)11-10-15-12-17(21(2,3)4)20(24)18(13-15)22(5,6)7/h12-13,16,24H,9-11,14H2,1-8H3. The lowest BCUT2D eigenvalue weighted by atomic mass is 9.78. The van der Waals surface area contributed by atoms with E-state index in [1.165, 1.54) is 0 Å². The number of carbonyl (C=O) groups excluding carboxylic acids is 1. The van der Waals surface area contributed by atoms with Gasteiger partial charge in [0.25, 0.3) is 0 Å². The topological polar surface area (TPSA) is 46.5 Å². The average molecular weight is 381 g/mol. The van der Waals surface area contributed by atoms with E-state index in [1.807, 2.05) is 25.3 Å². The van der Waals surface area contributed by atoms with Crippen LogP contribution in [-0.4, -0.2) is 29.2 Å². The Hall–Kier alpha value is -1.16. The summed E-state index contributed by atoms with van der Waals surface area (Å²) in [6.07, 6.45) is 3.85. The largest absolute Gasteiger partial charge is 0.507 e. The van der Waals surface area contributed by atoms with Gasteiger partial charge in [0.2, 0.25) is 0 Å². The second-order valence-electron chi connectivity index (χ2n) is 9.02. The molecular formula is C22H36O3S. The van der Waals surface area contributed by atoms with Crippen molar-refractivity contribution in [2.75, 3.05) is 12.0 Å². The van der Waals surface area contributed by atoms with E-state index in [1.54, 1.807) is 11.8 Å². The summed E-state index contributed by atoms with van der Waals surface area (Å²) in [6, 6.07) is 4.08. The highest BCUT2D eigenvalue weighted by molar-refractivity contribution is 7.98. The molecule has 0 aromatic heterocycles. The number of phenols is 1. The predicted molar refractivity (Wildman–Crippen MR) is 112 cm³/mol. The fraction of sp³-hybridized carbons (Fsp3) is 0.682. The molecule has 0 heterocycles. The van der Waals surface area contributed by atoms with Gasteiger partial charge in [-0.25, -0.2) is 0 Å². The molecule has 26 heavy (non-hydrogen) atoms. The third kappa shape index (κ3) is 6.53. The Labute approximate surface area is 163 Å². The van der Waals surface area contributed by atoms with Crippen molar-refractivity contribution < 1.29 is 14.6 Å². The number of ether oxygens (including phenoxy) is 1. The number of benzene rings is 1. The molecule has 0 bridgehead atoms. The van der Waals surface area contributed by atoms with Gasteiger partial charge in [0, 0.05) is 12.2 Å². The van der Waals surface area contributed by atoms with Gasteiger partial charge in [-0.3, -0.25) is 4.79 Å². The number of carbonyl (C=O) groups is 1. The summed E-state index contributed by atoms with van der Waals surface area (Å²) in [6.45, 7) is 14.6. The molecule has 1 aromatic rings. The van der Waals surface area contributed by atoms with Crippen LogP contribution in [0.25, 0.3) is 0 Å². The van der Waals surface area contributed by atoms with Crippen LogP contribution in [0.4, 0.5) is 0 Å². The van der Waals surface area contributed by atoms with Gasteiger partial charge in [-0.15, -0.1) is 0 Å². The summed E-state index contributed by atoms with van der Waals surface area (Å²) in [5.74, 6) is 1.07.